The largest absolute Gasteiger partial charge is 0.478 e. The van der Waals surface area contributed by atoms with Gasteiger partial charge in [0.2, 0.25) is 0 Å². The number of nitrogens with one attached hydrogen (secondary N) is 1. The molecule has 13 heteroatoms. The van der Waals surface area contributed by atoms with E-state index in [0.29, 0.717) is 24.2 Å². The van der Waals surface area contributed by atoms with Crippen LogP contribution in [0.15, 0.2) is 142 Å². The van der Waals surface area contributed by atoms with Crippen LogP contribution in [-0.2, 0) is 43.0 Å². The molecule has 75 heavy (non-hydrogen) atoms. The Morgan fingerprint density at radius 3 is 1.40 bits per heavy atom. The number of ether oxygens (including phenoxy) is 2. The first-order chi connectivity index (χ1) is 35.8. The van der Waals surface area contributed by atoms with E-state index in [1.807, 2.05) is 106 Å². The maximum Gasteiger partial charge on any atom is 0.335 e. The maximum absolute atomic E-state index is 13.1. The molecule has 2 heterocycles. The zero-order valence-corrected chi connectivity index (χ0v) is 46.9. The summed E-state index contributed by atoms with van der Waals surface area (Å²) in [6, 6.07) is 43.7. The van der Waals surface area contributed by atoms with Crippen LogP contribution in [-0.4, -0.2) is 52.3 Å². The lowest BCUT2D eigenvalue weighted by Gasteiger charge is -2.15. The van der Waals surface area contributed by atoms with Gasteiger partial charge in [-0.2, -0.15) is 0 Å². The number of carboxylic acids is 1. The third-order valence-electron chi connectivity index (χ3n) is 15.2. The molecule has 0 radical (unpaired) electrons. The number of carbonyl (C=O) groups excluding carboxylic acids is 3. The molecule has 0 spiro atoms. The van der Waals surface area contributed by atoms with Gasteiger partial charge < -0.3 is 34.8 Å². The standard InChI is InChI=1S/C31H31BrN2O3.C23H23NO4.C8H10BrN/c1-19-21(3)34(18-22-8-11-25(12-9-22)31(14-15-31)30(36)37-4)28-13-10-24(17-27(19)28)29(35)33-20(2)23-6-5-7-26(32)16-23;1-14-15(2)24(20-9-6-17(21(25)26)12-19(14)20)13-16-4-7-18(8-5-16)23(10-11-23)22(27)28-3;1-6(10)7-3-2-4-8(9)5-7/h5-13,16-17,20H,14-15,18H2,1-4H3,(H,33,35);4-9,12H,10-11,13H2,1-3H3,(H,25,26);2-6H,10H2,1H3/t20-;;6-/m0.0/s1. The number of methoxy groups -OCH3 is 2. The molecule has 2 fully saturated rings. The predicted molar refractivity (Wildman–Crippen MR) is 303 cm³/mol. The fraction of sp³-hybridized carbons (Fsp3) is 0.290. The van der Waals surface area contributed by atoms with E-state index in [1.54, 1.807) is 12.1 Å². The molecule has 2 atom stereocenters. The zero-order valence-electron chi connectivity index (χ0n) is 43.7. The second-order valence-corrected chi connectivity index (χ2v) is 21.8. The third kappa shape index (κ3) is 11.6. The van der Waals surface area contributed by atoms with Gasteiger partial charge in [-0.1, -0.05) is 105 Å². The van der Waals surface area contributed by atoms with Crippen molar-refractivity contribution < 1.29 is 33.8 Å². The summed E-state index contributed by atoms with van der Waals surface area (Å²) < 4.78 is 16.6. The summed E-state index contributed by atoms with van der Waals surface area (Å²) in [4.78, 5) is 48.7. The normalized spacial score (nSPS) is 14.6. The number of benzene rings is 6. The molecule has 0 bridgehead atoms. The number of fused-ring (bicyclic) bond motifs is 2. The Bertz CT molecular complexity index is 3440. The maximum atomic E-state index is 13.1. The van der Waals surface area contributed by atoms with Crippen LogP contribution >= 0.6 is 31.9 Å². The first kappa shape index (κ1) is 54.5. The second-order valence-electron chi connectivity index (χ2n) is 20.0. The molecule has 2 aliphatic carbocycles. The minimum absolute atomic E-state index is 0.0885. The van der Waals surface area contributed by atoms with Gasteiger partial charge in [0.1, 0.15) is 0 Å². The van der Waals surface area contributed by atoms with Gasteiger partial charge in [-0.05, 0) is 172 Å². The van der Waals surface area contributed by atoms with Crippen molar-refractivity contribution in [1.82, 2.24) is 14.5 Å². The van der Waals surface area contributed by atoms with E-state index in [-0.39, 0.29) is 29.9 Å². The molecule has 11 nitrogen and oxygen atoms in total. The van der Waals surface area contributed by atoms with Crippen molar-refractivity contribution in [2.24, 2.45) is 5.73 Å². The second kappa shape index (κ2) is 22.6. The number of nitrogens with zero attached hydrogens (tertiary/aromatic N) is 2. The van der Waals surface area contributed by atoms with Gasteiger partial charge in [0, 0.05) is 66.8 Å². The first-order valence-electron chi connectivity index (χ1n) is 25.2. The van der Waals surface area contributed by atoms with E-state index in [9.17, 15) is 24.3 Å². The van der Waals surface area contributed by atoms with Crippen molar-refractivity contribution >= 4 is 77.5 Å². The molecule has 2 aliphatic rings. The number of rotatable bonds is 13. The van der Waals surface area contributed by atoms with Gasteiger partial charge >= 0.3 is 17.9 Å². The van der Waals surface area contributed by atoms with Gasteiger partial charge in [0.15, 0.2) is 0 Å². The number of carbonyl (C=O) groups is 4. The Hall–Kier alpha value is -6.80. The SMILES string of the molecule is COC(=O)C1(c2ccc(Cn3c(C)c(C)c4cc(C(=O)N[C@@H](C)c5cccc(Br)c5)ccc43)cc2)CC1.COC(=O)C1(c2ccc(Cn3c(C)c(C)c4cc(C(=O)O)ccc43)cc2)CC1.C[C@H](N)c1cccc(Br)c1. The van der Waals surface area contributed by atoms with Crippen LogP contribution in [0.2, 0.25) is 0 Å². The number of aromatic carboxylic acids is 1. The quantitative estimate of drug-likeness (QED) is 0.0964. The molecule has 1 amide bonds. The molecular weight excluding hydrogens is 1070 g/mol. The summed E-state index contributed by atoms with van der Waals surface area (Å²) in [6.45, 7) is 13.7. The van der Waals surface area contributed by atoms with E-state index in [2.05, 4.69) is 103 Å². The average molecular weight is 1140 g/mol. The summed E-state index contributed by atoms with van der Waals surface area (Å²) in [5.41, 5.74) is 18.9. The highest BCUT2D eigenvalue weighted by Crippen LogP contribution is 2.50. The predicted octanol–water partition coefficient (Wildman–Crippen LogP) is 13.4. The van der Waals surface area contributed by atoms with Gasteiger partial charge in [0.25, 0.3) is 5.91 Å². The summed E-state index contributed by atoms with van der Waals surface area (Å²) in [6.07, 6.45) is 3.37. The van der Waals surface area contributed by atoms with Gasteiger partial charge in [-0.25, -0.2) is 4.79 Å². The average Bonchev–Trinajstić information content (AvgIpc) is 4.37. The van der Waals surface area contributed by atoms with Gasteiger partial charge in [0.05, 0.1) is 36.7 Å². The van der Waals surface area contributed by atoms with E-state index >= 15 is 0 Å². The van der Waals surface area contributed by atoms with Crippen LogP contribution in [0.25, 0.3) is 21.8 Å². The Labute approximate surface area is 455 Å². The number of aromatic nitrogens is 2. The number of aryl methyl sites for hydroxylation is 2. The molecule has 10 rings (SSSR count). The van der Waals surface area contributed by atoms with Crippen LogP contribution in [0.4, 0.5) is 0 Å². The summed E-state index contributed by atoms with van der Waals surface area (Å²) in [5, 5.41) is 14.4. The Balaban J connectivity index is 0.000000172. The van der Waals surface area contributed by atoms with E-state index in [4.69, 9.17) is 15.2 Å². The summed E-state index contributed by atoms with van der Waals surface area (Å²) in [7, 11) is 2.89. The number of hydrogen-bond donors (Lipinski definition) is 3. The Morgan fingerprint density at radius 2 is 1.01 bits per heavy atom. The third-order valence-corrected chi connectivity index (χ3v) is 16.2. The zero-order chi connectivity index (χ0) is 53.9. The smallest absolute Gasteiger partial charge is 0.335 e. The highest BCUT2D eigenvalue weighted by molar-refractivity contribution is 9.10. The molecule has 6 aromatic carbocycles. The number of hydrogen-bond acceptors (Lipinski definition) is 7. The summed E-state index contributed by atoms with van der Waals surface area (Å²) >= 11 is 6.87. The molecular formula is C62H64Br2N4O7. The lowest BCUT2D eigenvalue weighted by atomic mass is 9.95. The molecule has 2 aromatic heterocycles. The highest BCUT2D eigenvalue weighted by Gasteiger charge is 2.53. The van der Waals surface area contributed by atoms with Gasteiger partial charge in [-0.3, -0.25) is 14.4 Å². The van der Waals surface area contributed by atoms with Gasteiger partial charge in [-0.15, -0.1) is 0 Å². The van der Waals surface area contributed by atoms with Crippen LogP contribution < -0.4 is 11.1 Å². The van der Waals surface area contributed by atoms with Crippen LogP contribution in [0.3, 0.4) is 0 Å². The van der Waals surface area contributed by atoms with E-state index in [1.165, 1.54) is 25.5 Å². The van der Waals surface area contributed by atoms with Crippen molar-refractivity contribution in [3.05, 3.63) is 209 Å². The minimum Gasteiger partial charge on any atom is -0.478 e. The van der Waals surface area contributed by atoms with Crippen LogP contribution in [0.5, 0.6) is 0 Å². The topological polar surface area (TPSA) is 155 Å². The summed E-state index contributed by atoms with van der Waals surface area (Å²) in [5.74, 6) is -1.30. The van der Waals surface area contributed by atoms with Crippen molar-refractivity contribution in [3.63, 3.8) is 0 Å². The van der Waals surface area contributed by atoms with Crippen LogP contribution in [0, 0.1) is 27.7 Å². The lowest BCUT2D eigenvalue weighted by molar-refractivity contribution is -0.144. The Morgan fingerprint density at radius 1 is 0.600 bits per heavy atom. The molecule has 0 unspecified atom stereocenters. The number of nitrogens with two attached hydrogens (primary N) is 1. The lowest BCUT2D eigenvalue weighted by Crippen LogP contribution is -2.26. The van der Waals surface area contributed by atoms with Crippen molar-refractivity contribution in [2.45, 2.75) is 103 Å². The highest BCUT2D eigenvalue weighted by atomic mass is 79.9. The van der Waals surface area contributed by atoms with Crippen molar-refractivity contribution in [1.29, 1.82) is 0 Å². The van der Waals surface area contributed by atoms with E-state index < -0.39 is 16.8 Å². The number of amides is 1. The number of halogens is 2. The van der Waals surface area contributed by atoms with Crippen molar-refractivity contribution in [2.75, 3.05) is 14.2 Å². The minimum atomic E-state index is -0.915. The van der Waals surface area contributed by atoms with Crippen molar-refractivity contribution in [3.8, 4) is 0 Å². The fourth-order valence-electron chi connectivity index (χ4n) is 10.00. The first-order valence-corrected chi connectivity index (χ1v) is 26.7. The fourth-order valence-corrected chi connectivity index (χ4v) is 10.8. The van der Waals surface area contributed by atoms with Crippen LogP contribution in [0.1, 0.15) is 128 Å². The number of carboxylic acid groups (broad SMARTS) is 1. The monoisotopic (exact) mass is 1130 g/mol. The molecule has 0 aliphatic heterocycles. The molecule has 4 N–H and O–H groups in total. The molecule has 2 saturated carbocycles. The molecule has 8 aromatic rings. The Kier molecular flexibility index (Phi) is 16.4. The molecule has 388 valence electrons. The van der Waals surface area contributed by atoms with E-state index in [0.717, 1.165) is 101 Å². The molecule has 0 saturated heterocycles. The number of esters is 2.